The molecule has 0 aliphatic carbocycles. The zero-order valence-corrected chi connectivity index (χ0v) is 15.4. The van der Waals surface area contributed by atoms with E-state index in [-0.39, 0.29) is 5.91 Å². The minimum atomic E-state index is -0.156. The van der Waals surface area contributed by atoms with Crippen LogP contribution in [0.5, 0.6) is 0 Å². The van der Waals surface area contributed by atoms with Gasteiger partial charge < -0.3 is 5.32 Å². The maximum atomic E-state index is 12.9. The number of hydrogen-bond donors (Lipinski definition) is 1. The average molecular weight is 358 g/mol. The van der Waals surface area contributed by atoms with Gasteiger partial charge in [-0.15, -0.1) is 0 Å². The van der Waals surface area contributed by atoms with Crippen LogP contribution in [0.3, 0.4) is 0 Å². The molecule has 128 valence electrons. The number of anilines is 1. The van der Waals surface area contributed by atoms with E-state index in [9.17, 15) is 10.1 Å². The second-order valence-electron chi connectivity index (χ2n) is 5.98. The minimum Gasteiger partial charge on any atom is -0.322 e. The molecule has 0 aliphatic rings. The van der Waals surface area contributed by atoms with Crippen LogP contribution in [0.4, 0.5) is 5.69 Å². The average Bonchev–Trinajstić information content (AvgIpc) is 2.65. The summed E-state index contributed by atoms with van der Waals surface area (Å²) < 4.78 is 0. The lowest BCUT2D eigenvalue weighted by atomic mass is 10.1. The number of amides is 1. The molecule has 1 N–H and O–H groups in total. The maximum Gasteiger partial charge on any atom is 0.256 e. The Balaban J connectivity index is 1.90. The van der Waals surface area contributed by atoms with Gasteiger partial charge in [-0.3, -0.25) is 4.79 Å². The fourth-order valence-electron chi connectivity index (χ4n) is 2.57. The summed E-state index contributed by atoms with van der Waals surface area (Å²) in [4.78, 5) is 14.5. The summed E-state index contributed by atoms with van der Waals surface area (Å²) in [5, 5.41) is 12.3. The molecular weight excluding hydrogens is 340 g/mol. The number of benzene rings is 3. The third-order valence-electron chi connectivity index (χ3n) is 4.00. The molecule has 3 nitrogen and oxygen atoms in total. The summed E-state index contributed by atoms with van der Waals surface area (Å²) in [6, 6.07) is 23.0. The van der Waals surface area contributed by atoms with Crippen molar-refractivity contribution in [1.82, 2.24) is 0 Å². The van der Waals surface area contributed by atoms with Gasteiger partial charge in [-0.25, -0.2) is 0 Å². The highest BCUT2D eigenvalue weighted by molar-refractivity contribution is 7.99. The highest BCUT2D eigenvalue weighted by Gasteiger charge is 2.14. The molecule has 0 aromatic heterocycles. The highest BCUT2D eigenvalue weighted by Crippen LogP contribution is 2.33. The second kappa shape index (κ2) is 7.90. The number of carbonyl (C=O) groups is 1. The lowest BCUT2D eigenvalue weighted by Crippen LogP contribution is -2.14. The number of nitriles is 1. The number of rotatable bonds is 4. The van der Waals surface area contributed by atoms with Gasteiger partial charge in [0.2, 0.25) is 0 Å². The third-order valence-corrected chi connectivity index (χ3v) is 5.15. The minimum absolute atomic E-state index is 0.156. The second-order valence-corrected chi connectivity index (χ2v) is 7.06. The Morgan fingerprint density at radius 1 is 0.962 bits per heavy atom. The largest absolute Gasteiger partial charge is 0.322 e. The summed E-state index contributed by atoms with van der Waals surface area (Å²) in [6.45, 7) is 3.97. The predicted molar refractivity (Wildman–Crippen MR) is 106 cm³/mol. The normalized spacial score (nSPS) is 10.2. The Labute approximate surface area is 157 Å². The van der Waals surface area contributed by atoms with Crippen LogP contribution in [-0.4, -0.2) is 5.91 Å². The first kappa shape index (κ1) is 17.8. The lowest BCUT2D eigenvalue weighted by molar-refractivity contribution is 0.102. The lowest BCUT2D eigenvalue weighted by Gasteiger charge is -2.12. The molecule has 0 unspecified atom stereocenters. The molecule has 0 spiro atoms. The van der Waals surface area contributed by atoms with Crippen LogP contribution in [0.2, 0.25) is 0 Å². The van der Waals surface area contributed by atoms with E-state index in [1.54, 1.807) is 12.1 Å². The van der Waals surface area contributed by atoms with Gasteiger partial charge in [0, 0.05) is 15.5 Å². The number of aryl methyl sites for hydroxylation is 2. The fraction of sp³-hybridized carbons (Fsp3) is 0.0909. The monoisotopic (exact) mass is 358 g/mol. The Hall–Kier alpha value is -3.03. The van der Waals surface area contributed by atoms with Crippen molar-refractivity contribution in [3.8, 4) is 6.07 Å². The first-order chi connectivity index (χ1) is 12.6. The summed E-state index contributed by atoms with van der Waals surface area (Å²) in [7, 11) is 0. The topological polar surface area (TPSA) is 52.9 Å². The number of nitrogens with zero attached hydrogens (tertiary/aromatic N) is 1. The van der Waals surface area contributed by atoms with Gasteiger partial charge in [-0.05, 0) is 55.3 Å². The van der Waals surface area contributed by atoms with E-state index in [4.69, 9.17) is 0 Å². The molecule has 1 amide bonds. The van der Waals surface area contributed by atoms with E-state index < -0.39 is 0 Å². The number of carbonyl (C=O) groups excluding carboxylic acids is 1. The van der Waals surface area contributed by atoms with E-state index in [0.29, 0.717) is 11.1 Å². The molecule has 0 bridgehead atoms. The van der Waals surface area contributed by atoms with Crippen LogP contribution in [0.1, 0.15) is 27.0 Å². The maximum absolute atomic E-state index is 12.9. The predicted octanol–water partition coefficient (Wildman–Crippen LogP) is 5.58. The molecular formula is C22H18N2OS. The summed E-state index contributed by atoms with van der Waals surface area (Å²) in [5.74, 6) is -0.156. The number of hydrogen-bond acceptors (Lipinski definition) is 3. The molecule has 0 atom stereocenters. The van der Waals surface area contributed by atoms with Gasteiger partial charge >= 0.3 is 0 Å². The van der Waals surface area contributed by atoms with Crippen LogP contribution < -0.4 is 5.32 Å². The molecule has 0 saturated heterocycles. The smallest absolute Gasteiger partial charge is 0.256 e. The molecule has 0 heterocycles. The highest BCUT2D eigenvalue weighted by atomic mass is 32.2. The van der Waals surface area contributed by atoms with E-state index >= 15 is 0 Å². The summed E-state index contributed by atoms with van der Waals surface area (Å²) in [5.41, 5.74) is 4.11. The van der Waals surface area contributed by atoms with Gasteiger partial charge in [-0.1, -0.05) is 48.2 Å². The quantitative estimate of drug-likeness (QED) is 0.662. The van der Waals surface area contributed by atoms with Gasteiger partial charge in [-0.2, -0.15) is 5.26 Å². The summed E-state index contributed by atoms with van der Waals surface area (Å²) >= 11 is 1.43. The van der Waals surface area contributed by atoms with E-state index in [1.165, 1.54) is 11.8 Å². The first-order valence-electron chi connectivity index (χ1n) is 8.23. The third kappa shape index (κ3) is 3.96. The van der Waals surface area contributed by atoms with Crippen molar-refractivity contribution in [3.63, 3.8) is 0 Å². The Bertz CT molecular complexity index is 1010. The van der Waals surface area contributed by atoms with Crippen molar-refractivity contribution in [2.75, 3.05) is 5.32 Å². The van der Waals surface area contributed by atoms with Gasteiger partial charge in [0.15, 0.2) is 0 Å². The van der Waals surface area contributed by atoms with E-state index in [2.05, 4.69) is 11.4 Å². The van der Waals surface area contributed by atoms with Crippen LogP contribution in [-0.2, 0) is 0 Å². The number of nitrogens with one attached hydrogen (secondary N) is 1. The van der Waals surface area contributed by atoms with Crippen LogP contribution >= 0.6 is 11.8 Å². The molecule has 3 aromatic carbocycles. The van der Waals surface area contributed by atoms with Crippen molar-refractivity contribution in [3.05, 3.63) is 89.0 Å². The van der Waals surface area contributed by atoms with Crippen molar-refractivity contribution in [1.29, 1.82) is 5.26 Å². The zero-order chi connectivity index (χ0) is 18.5. The van der Waals surface area contributed by atoms with Gasteiger partial charge in [0.25, 0.3) is 5.91 Å². The Morgan fingerprint density at radius 3 is 2.42 bits per heavy atom. The summed E-state index contributed by atoms with van der Waals surface area (Å²) in [6.07, 6.45) is 0. The molecule has 0 aliphatic heterocycles. The van der Waals surface area contributed by atoms with Crippen LogP contribution in [0.15, 0.2) is 76.5 Å². The SMILES string of the molecule is Cc1ccc(C)c(NC(=O)c2ccccc2Sc2ccccc2C#N)c1. The van der Waals surface area contributed by atoms with Crippen molar-refractivity contribution in [2.24, 2.45) is 0 Å². The molecule has 0 fully saturated rings. The van der Waals surface area contributed by atoms with Crippen LogP contribution in [0, 0.1) is 25.2 Å². The standard InChI is InChI=1S/C22H18N2OS/c1-15-11-12-16(2)19(13-15)24-22(25)18-8-4-6-10-21(18)26-20-9-5-3-7-17(20)14-23/h3-13H,1-2H3,(H,24,25). The van der Waals surface area contributed by atoms with Gasteiger partial charge in [0.1, 0.15) is 6.07 Å². The molecule has 3 rings (SSSR count). The Morgan fingerprint density at radius 2 is 1.65 bits per heavy atom. The van der Waals surface area contributed by atoms with E-state index in [1.807, 2.05) is 68.4 Å². The first-order valence-corrected chi connectivity index (χ1v) is 9.05. The fourth-order valence-corrected chi connectivity index (χ4v) is 3.59. The molecule has 3 aromatic rings. The molecule has 0 saturated carbocycles. The van der Waals surface area contributed by atoms with E-state index in [0.717, 1.165) is 26.6 Å². The molecule has 26 heavy (non-hydrogen) atoms. The van der Waals surface area contributed by atoms with Crippen molar-refractivity contribution >= 4 is 23.4 Å². The molecule has 0 radical (unpaired) electrons. The zero-order valence-electron chi connectivity index (χ0n) is 14.6. The van der Waals surface area contributed by atoms with Crippen LogP contribution in [0.25, 0.3) is 0 Å². The van der Waals surface area contributed by atoms with Gasteiger partial charge in [0.05, 0.1) is 11.1 Å². The Kier molecular flexibility index (Phi) is 5.40. The van der Waals surface area contributed by atoms with Crippen molar-refractivity contribution < 1.29 is 4.79 Å². The van der Waals surface area contributed by atoms with Crippen molar-refractivity contribution in [2.45, 2.75) is 23.6 Å². The molecule has 4 heteroatoms.